The van der Waals surface area contributed by atoms with E-state index in [1.165, 1.54) is 0 Å². The minimum atomic E-state index is -0.701. The second-order valence-corrected chi connectivity index (χ2v) is 4.16. The lowest BCUT2D eigenvalue weighted by molar-refractivity contribution is -0.141. The standard InChI is InChI=1S/C9H9NO2S/c11-9(12)7-5-13-8(7)6-2-1-3-10-4-6/h1-4,7-8H,5H2,(H,11,12). The Labute approximate surface area is 80.2 Å². The first-order valence-corrected chi connectivity index (χ1v) is 5.08. The molecule has 0 aromatic carbocycles. The van der Waals surface area contributed by atoms with Gasteiger partial charge in [0.2, 0.25) is 0 Å². The van der Waals surface area contributed by atoms with Crippen LogP contribution in [0.25, 0.3) is 0 Å². The topological polar surface area (TPSA) is 50.2 Å². The van der Waals surface area contributed by atoms with Gasteiger partial charge in [0.05, 0.1) is 5.92 Å². The Morgan fingerprint density at radius 1 is 1.69 bits per heavy atom. The lowest BCUT2D eigenvalue weighted by Gasteiger charge is -2.32. The summed E-state index contributed by atoms with van der Waals surface area (Å²) in [6.45, 7) is 0. The van der Waals surface area contributed by atoms with Gasteiger partial charge in [0.15, 0.2) is 0 Å². The zero-order valence-electron chi connectivity index (χ0n) is 6.88. The van der Waals surface area contributed by atoms with Crippen molar-refractivity contribution in [2.45, 2.75) is 5.25 Å². The van der Waals surface area contributed by atoms with Gasteiger partial charge in [-0.1, -0.05) is 6.07 Å². The summed E-state index contributed by atoms with van der Waals surface area (Å²) in [6.07, 6.45) is 3.44. The molecule has 0 radical (unpaired) electrons. The molecule has 0 bridgehead atoms. The van der Waals surface area contributed by atoms with Crippen LogP contribution in [0.5, 0.6) is 0 Å². The van der Waals surface area contributed by atoms with E-state index in [2.05, 4.69) is 4.98 Å². The van der Waals surface area contributed by atoms with Gasteiger partial charge in [0.1, 0.15) is 0 Å². The number of carboxylic acid groups (broad SMARTS) is 1. The fourth-order valence-electron chi connectivity index (χ4n) is 1.36. The fraction of sp³-hybridized carbons (Fsp3) is 0.333. The highest BCUT2D eigenvalue weighted by molar-refractivity contribution is 8.01. The molecule has 2 atom stereocenters. The molecule has 0 aliphatic carbocycles. The highest BCUT2D eigenvalue weighted by Gasteiger charge is 2.38. The highest BCUT2D eigenvalue weighted by atomic mass is 32.2. The maximum atomic E-state index is 10.7. The van der Waals surface area contributed by atoms with Crippen molar-refractivity contribution in [3.05, 3.63) is 30.1 Å². The minimum Gasteiger partial charge on any atom is -0.481 e. The number of nitrogens with zero attached hydrogens (tertiary/aromatic N) is 1. The number of carboxylic acids is 1. The van der Waals surface area contributed by atoms with Gasteiger partial charge in [0, 0.05) is 23.4 Å². The number of hydrogen-bond acceptors (Lipinski definition) is 3. The number of pyridine rings is 1. The summed E-state index contributed by atoms with van der Waals surface area (Å²) in [7, 11) is 0. The Morgan fingerprint density at radius 2 is 2.54 bits per heavy atom. The van der Waals surface area contributed by atoms with Crippen LogP contribution in [-0.4, -0.2) is 21.8 Å². The van der Waals surface area contributed by atoms with Crippen LogP contribution in [0.4, 0.5) is 0 Å². The summed E-state index contributed by atoms with van der Waals surface area (Å²) in [6, 6.07) is 3.77. The van der Waals surface area contributed by atoms with Crippen molar-refractivity contribution in [3.63, 3.8) is 0 Å². The molecule has 1 N–H and O–H groups in total. The average molecular weight is 195 g/mol. The van der Waals surface area contributed by atoms with Gasteiger partial charge in [-0.25, -0.2) is 0 Å². The Morgan fingerprint density at radius 3 is 3.00 bits per heavy atom. The molecule has 13 heavy (non-hydrogen) atoms. The first-order chi connectivity index (χ1) is 6.29. The van der Waals surface area contributed by atoms with Crippen LogP contribution in [0, 0.1) is 5.92 Å². The Kier molecular flexibility index (Phi) is 2.22. The molecule has 2 rings (SSSR count). The van der Waals surface area contributed by atoms with Crippen LogP contribution < -0.4 is 0 Å². The third-order valence-electron chi connectivity index (χ3n) is 2.15. The van der Waals surface area contributed by atoms with Gasteiger partial charge in [-0.3, -0.25) is 9.78 Å². The molecule has 1 saturated heterocycles. The number of aromatic nitrogens is 1. The van der Waals surface area contributed by atoms with Gasteiger partial charge in [-0.2, -0.15) is 11.8 Å². The molecule has 2 heterocycles. The minimum absolute atomic E-state index is 0.103. The van der Waals surface area contributed by atoms with Crippen LogP contribution in [-0.2, 0) is 4.79 Å². The number of hydrogen-bond donors (Lipinski definition) is 1. The van der Waals surface area contributed by atoms with Crippen molar-refractivity contribution in [1.82, 2.24) is 4.98 Å². The average Bonchev–Trinajstić information content (AvgIpc) is 2.02. The van der Waals surface area contributed by atoms with Gasteiger partial charge in [-0.15, -0.1) is 0 Å². The molecule has 4 heteroatoms. The Bertz CT molecular complexity index is 315. The van der Waals surface area contributed by atoms with Gasteiger partial charge < -0.3 is 5.11 Å². The molecule has 1 aromatic rings. The van der Waals surface area contributed by atoms with Crippen molar-refractivity contribution >= 4 is 17.7 Å². The molecule has 2 unspecified atom stereocenters. The largest absolute Gasteiger partial charge is 0.481 e. The number of aliphatic carboxylic acids is 1. The van der Waals surface area contributed by atoms with E-state index in [0.29, 0.717) is 0 Å². The van der Waals surface area contributed by atoms with Crippen molar-refractivity contribution in [2.75, 3.05) is 5.75 Å². The smallest absolute Gasteiger partial charge is 0.308 e. The molecule has 0 amide bonds. The summed E-state index contributed by atoms with van der Waals surface area (Å²) in [5, 5.41) is 8.93. The third kappa shape index (κ3) is 1.54. The fourth-order valence-corrected chi connectivity index (χ4v) is 2.53. The molecule has 1 aliphatic rings. The summed E-state index contributed by atoms with van der Waals surface area (Å²) in [5.41, 5.74) is 1.02. The quantitative estimate of drug-likeness (QED) is 0.778. The molecule has 1 fully saturated rings. The van der Waals surface area contributed by atoms with Gasteiger partial charge >= 0.3 is 5.97 Å². The molecule has 1 aliphatic heterocycles. The van der Waals surface area contributed by atoms with E-state index in [-0.39, 0.29) is 11.2 Å². The summed E-state index contributed by atoms with van der Waals surface area (Å²) in [5.74, 6) is -0.212. The van der Waals surface area contributed by atoms with Crippen LogP contribution in [0.2, 0.25) is 0 Å². The summed E-state index contributed by atoms with van der Waals surface area (Å²) < 4.78 is 0. The van der Waals surface area contributed by atoms with E-state index < -0.39 is 5.97 Å². The number of thioether (sulfide) groups is 1. The summed E-state index contributed by atoms with van der Waals surface area (Å²) >= 11 is 1.67. The van der Waals surface area contributed by atoms with E-state index >= 15 is 0 Å². The van der Waals surface area contributed by atoms with Crippen LogP contribution in [0.1, 0.15) is 10.8 Å². The molecule has 0 saturated carbocycles. The van der Waals surface area contributed by atoms with E-state index in [1.807, 2.05) is 12.1 Å². The molecule has 1 aromatic heterocycles. The van der Waals surface area contributed by atoms with Crippen molar-refractivity contribution in [1.29, 1.82) is 0 Å². The molecular weight excluding hydrogens is 186 g/mol. The zero-order valence-corrected chi connectivity index (χ0v) is 7.70. The van der Waals surface area contributed by atoms with E-state index in [4.69, 9.17) is 5.11 Å². The normalized spacial score (nSPS) is 26.5. The Balaban J connectivity index is 2.15. The van der Waals surface area contributed by atoms with E-state index in [1.54, 1.807) is 24.2 Å². The first kappa shape index (κ1) is 8.56. The molecular formula is C9H9NO2S. The molecule has 68 valence electrons. The SMILES string of the molecule is O=C(O)C1CSC1c1cccnc1. The van der Waals surface area contributed by atoms with Gasteiger partial charge in [-0.05, 0) is 11.6 Å². The number of rotatable bonds is 2. The maximum Gasteiger partial charge on any atom is 0.308 e. The van der Waals surface area contributed by atoms with E-state index in [0.717, 1.165) is 11.3 Å². The lowest BCUT2D eigenvalue weighted by atomic mass is 10.0. The molecule has 3 nitrogen and oxygen atoms in total. The van der Waals surface area contributed by atoms with Gasteiger partial charge in [0.25, 0.3) is 0 Å². The third-order valence-corrected chi connectivity index (χ3v) is 3.66. The predicted molar refractivity (Wildman–Crippen MR) is 50.6 cm³/mol. The van der Waals surface area contributed by atoms with Crippen LogP contribution in [0.3, 0.4) is 0 Å². The number of carbonyl (C=O) groups is 1. The maximum absolute atomic E-state index is 10.7. The first-order valence-electron chi connectivity index (χ1n) is 4.03. The second-order valence-electron chi connectivity index (χ2n) is 2.99. The van der Waals surface area contributed by atoms with Crippen molar-refractivity contribution in [2.24, 2.45) is 5.92 Å². The lowest BCUT2D eigenvalue weighted by Crippen LogP contribution is -2.30. The van der Waals surface area contributed by atoms with Crippen molar-refractivity contribution < 1.29 is 9.90 Å². The highest BCUT2D eigenvalue weighted by Crippen LogP contribution is 2.47. The summed E-state index contributed by atoms with van der Waals surface area (Å²) in [4.78, 5) is 14.7. The van der Waals surface area contributed by atoms with Crippen LogP contribution >= 0.6 is 11.8 Å². The monoisotopic (exact) mass is 195 g/mol. The molecule has 0 spiro atoms. The van der Waals surface area contributed by atoms with Crippen molar-refractivity contribution in [3.8, 4) is 0 Å². The Hall–Kier alpha value is -1.03. The van der Waals surface area contributed by atoms with Crippen LogP contribution in [0.15, 0.2) is 24.5 Å². The van der Waals surface area contributed by atoms with E-state index in [9.17, 15) is 4.79 Å². The predicted octanol–water partition coefficient (Wildman–Crippen LogP) is 1.57. The second kappa shape index (κ2) is 3.38. The zero-order chi connectivity index (χ0) is 9.26.